The molecule has 0 aliphatic heterocycles. The predicted octanol–water partition coefficient (Wildman–Crippen LogP) is 2.92. The van der Waals surface area contributed by atoms with E-state index in [0.717, 1.165) is 29.1 Å². The van der Waals surface area contributed by atoms with Crippen molar-refractivity contribution in [2.75, 3.05) is 44.5 Å². The molecule has 0 aliphatic rings. The smallest absolute Gasteiger partial charge is 0.221 e. The topological polar surface area (TPSA) is 53.6 Å². The molecule has 0 unspecified atom stereocenters. The zero-order valence-electron chi connectivity index (χ0n) is 15.2. The molecule has 0 spiro atoms. The van der Waals surface area contributed by atoms with Gasteiger partial charge in [-0.15, -0.1) is 0 Å². The molecule has 0 atom stereocenters. The number of ether oxygens (including phenoxy) is 1. The summed E-state index contributed by atoms with van der Waals surface area (Å²) in [5.41, 5.74) is 3.27. The molecule has 0 radical (unpaired) electrons. The highest BCUT2D eigenvalue weighted by atomic mass is 16.5. The maximum absolute atomic E-state index is 11.9. The van der Waals surface area contributed by atoms with Crippen molar-refractivity contribution in [1.82, 2.24) is 5.32 Å². The minimum atomic E-state index is 0.0484. The fourth-order valence-electron chi connectivity index (χ4n) is 2.53. The molecule has 2 aromatic carbocycles. The molecule has 0 bridgehead atoms. The van der Waals surface area contributed by atoms with Crippen LogP contribution in [0.4, 0.5) is 11.4 Å². The molecule has 5 heteroatoms. The molecule has 134 valence electrons. The van der Waals surface area contributed by atoms with Crippen LogP contribution in [-0.4, -0.2) is 40.2 Å². The number of hydrogen-bond donors (Lipinski definition) is 2. The van der Waals surface area contributed by atoms with E-state index < -0.39 is 0 Å². The number of nitrogens with zero attached hydrogens (tertiary/aromatic N) is 1. The van der Waals surface area contributed by atoms with Crippen molar-refractivity contribution in [3.8, 4) is 5.75 Å². The second-order valence-electron chi connectivity index (χ2n) is 6.03. The van der Waals surface area contributed by atoms with E-state index in [2.05, 4.69) is 27.7 Å². The van der Waals surface area contributed by atoms with Gasteiger partial charge < -0.3 is 20.3 Å². The molecule has 0 saturated carbocycles. The molecule has 0 fully saturated rings. The number of methoxy groups -OCH3 is 1. The summed E-state index contributed by atoms with van der Waals surface area (Å²) in [6.07, 6.45) is 1.20. The predicted molar refractivity (Wildman–Crippen MR) is 104 cm³/mol. The first-order valence-electron chi connectivity index (χ1n) is 8.50. The van der Waals surface area contributed by atoms with E-state index in [0.29, 0.717) is 19.5 Å². The molecule has 2 rings (SSSR count). The highest BCUT2D eigenvalue weighted by molar-refractivity contribution is 5.76. The zero-order chi connectivity index (χ0) is 18.1. The lowest BCUT2D eigenvalue weighted by atomic mass is 10.1. The van der Waals surface area contributed by atoms with Crippen LogP contribution in [0.25, 0.3) is 0 Å². The summed E-state index contributed by atoms with van der Waals surface area (Å²) in [7, 11) is 5.68. The van der Waals surface area contributed by atoms with Gasteiger partial charge in [0.25, 0.3) is 0 Å². The van der Waals surface area contributed by atoms with Crippen LogP contribution < -0.4 is 20.3 Å². The van der Waals surface area contributed by atoms with Gasteiger partial charge in [0, 0.05) is 45.0 Å². The number of para-hydroxylation sites is 1. The van der Waals surface area contributed by atoms with E-state index in [9.17, 15) is 4.79 Å². The van der Waals surface area contributed by atoms with Crippen molar-refractivity contribution >= 4 is 17.3 Å². The minimum Gasteiger partial charge on any atom is -0.496 e. The number of rotatable bonds is 9. The highest BCUT2D eigenvalue weighted by Crippen LogP contribution is 2.17. The first-order valence-corrected chi connectivity index (χ1v) is 8.50. The number of carbonyl (C=O) groups is 1. The minimum absolute atomic E-state index is 0.0484. The molecule has 0 saturated heterocycles. The van der Waals surface area contributed by atoms with Gasteiger partial charge in [-0.1, -0.05) is 18.2 Å². The molecule has 2 N–H and O–H groups in total. The lowest BCUT2D eigenvalue weighted by Gasteiger charge is -2.13. The first kappa shape index (κ1) is 18.6. The van der Waals surface area contributed by atoms with Crippen molar-refractivity contribution < 1.29 is 9.53 Å². The monoisotopic (exact) mass is 341 g/mol. The summed E-state index contributed by atoms with van der Waals surface area (Å²) in [6.45, 7) is 1.22. The number of benzene rings is 2. The van der Waals surface area contributed by atoms with Gasteiger partial charge in [0.15, 0.2) is 0 Å². The van der Waals surface area contributed by atoms with Crippen LogP contribution in [0.3, 0.4) is 0 Å². The number of hydrogen-bond acceptors (Lipinski definition) is 4. The van der Waals surface area contributed by atoms with Crippen LogP contribution in [0.15, 0.2) is 48.5 Å². The summed E-state index contributed by atoms with van der Waals surface area (Å²) in [6, 6.07) is 16.0. The van der Waals surface area contributed by atoms with E-state index in [4.69, 9.17) is 4.74 Å². The van der Waals surface area contributed by atoms with Crippen LogP contribution >= 0.6 is 0 Å². The first-order chi connectivity index (χ1) is 12.1. The Morgan fingerprint density at radius 2 is 1.76 bits per heavy atom. The van der Waals surface area contributed by atoms with Crippen molar-refractivity contribution in [2.45, 2.75) is 12.8 Å². The lowest BCUT2D eigenvalue weighted by molar-refractivity contribution is -0.120. The van der Waals surface area contributed by atoms with Gasteiger partial charge in [-0.2, -0.15) is 0 Å². The molecular weight excluding hydrogens is 314 g/mol. The van der Waals surface area contributed by atoms with Gasteiger partial charge in [0.1, 0.15) is 5.75 Å². The van der Waals surface area contributed by atoms with Crippen LogP contribution in [-0.2, 0) is 11.2 Å². The van der Waals surface area contributed by atoms with E-state index in [-0.39, 0.29) is 5.91 Å². The standard InChI is InChI=1S/C20H27N3O2/c1-23(2)18-10-8-17(9-11-18)21-15-13-20(24)22-14-12-16-6-4-5-7-19(16)25-3/h4-11,21H,12-15H2,1-3H3,(H,22,24). The Hall–Kier alpha value is -2.69. The van der Waals surface area contributed by atoms with Crippen LogP contribution in [0.2, 0.25) is 0 Å². The number of anilines is 2. The Morgan fingerprint density at radius 3 is 2.44 bits per heavy atom. The third-order valence-electron chi connectivity index (χ3n) is 3.97. The summed E-state index contributed by atoms with van der Waals surface area (Å²) in [5.74, 6) is 0.909. The fraction of sp³-hybridized carbons (Fsp3) is 0.350. The molecule has 0 aromatic heterocycles. The molecule has 1 amide bonds. The van der Waals surface area contributed by atoms with E-state index >= 15 is 0 Å². The van der Waals surface area contributed by atoms with E-state index in [1.165, 1.54) is 0 Å². The molecule has 0 aliphatic carbocycles. The highest BCUT2D eigenvalue weighted by Gasteiger charge is 2.04. The summed E-state index contributed by atoms with van der Waals surface area (Å²) in [5, 5.41) is 6.22. The van der Waals surface area contributed by atoms with Crippen molar-refractivity contribution in [3.63, 3.8) is 0 Å². The average molecular weight is 341 g/mol. The Balaban J connectivity index is 1.67. The van der Waals surface area contributed by atoms with Gasteiger partial charge >= 0.3 is 0 Å². The molecule has 5 nitrogen and oxygen atoms in total. The Labute approximate surface area is 150 Å². The van der Waals surface area contributed by atoms with Crippen LogP contribution in [0.5, 0.6) is 5.75 Å². The van der Waals surface area contributed by atoms with Gasteiger partial charge in [0.2, 0.25) is 5.91 Å². The van der Waals surface area contributed by atoms with Gasteiger partial charge in [-0.3, -0.25) is 4.79 Å². The maximum atomic E-state index is 11.9. The van der Waals surface area contributed by atoms with Crippen molar-refractivity contribution in [1.29, 1.82) is 0 Å². The SMILES string of the molecule is COc1ccccc1CCNC(=O)CCNc1ccc(N(C)C)cc1. The average Bonchev–Trinajstić information content (AvgIpc) is 2.62. The number of nitrogens with one attached hydrogen (secondary N) is 2. The fourth-order valence-corrected chi connectivity index (χ4v) is 2.53. The number of carbonyl (C=O) groups excluding carboxylic acids is 1. The molecular formula is C20H27N3O2. The van der Waals surface area contributed by atoms with Crippen molar-refractivity contribution in [3.05, 3.63) is 54.1 Å². The molecule has 2 aromatic rings. The zero-order valence-corrected chi connectivity index (χ0v) is 15.2. The lowest BCUT2D eigenvalue weighted by Crippen LogP contribution is -2.27. The van der Waals surface area contributed by atoms with Gasteiger partial charge in [-0.05, 0) is 42.3 Å². The third-order valence-corrected chi connectivity index (χ3v) is 3.97. The molecule has 25 heavy (non-hydrogen) atoms. The third kappa shape index (κ3) is 6.03. The Kier molecular flexibility index (Phi) is 7.14. The van der Waals surface area contributed by atoms with E-state index in [1.807, 2.05) is 50.5 Å². The second-order valence-corrected chi connectivity index (χ2v) is 6.03. The molecule has 0 heterocycles. The maximum Gasteiger partial charge on any atom is 0.221 e. The number of amides is 1. The summed E-state index contributed by atoms with van der Waals surface area (Å²) < 4.78 is 5.31. The Bertz CT molecular complexity index is 669. The summed E-state index contributed by atoms with van der Waals surface area (Å²) >= 11 is 0. The van der Waals surface area contributed by atoms with Crippen molar-refractivity contribution in [2.24, 2.45) is 0 Å². The second kappa shape index (κ2) is 9.57. The van der Waals surface area contributed by atoms with Crippen LogP contribution in [0.1, 0.15) is 12.0 Å². The quantitative estimate of drug-likeness (QED) is 0.736. The van der Waals surface area contributed by atoms with E-state index in [1.54, 1.807) is 7.11 Å². The van der Waals surface area contributed by atoms with Gasteiger partial charge in [-0.25, -0.2) is 0 Å². The summed E-state index contributed by atoms with van der Waals surface area (Å²) in [4.78, 5) is 14.0. The Morgan fingerprint density at radius 1 is 1.04 bits per heavy atom. The van der Waals surface area contributed by atoms with Gasteiger partial charge in [0.05, 0.1) is 7.11 Å². The van der Waals surface area contributed by atoms with Crippen LogP contribution in [0, 0.1) is 0 Å². The largest absolute Gasteiger partial charge is 0.496 e. The normalized spacial score (nSPS) is 10.2.